The summed E-state index contributed by atoms with van der Waals surface area (Å²) in [4.78, 5) is 33.5. The van der Waals surface area contributed by atoms with Crippen LogP contribution in [0, 0.1) is 0 Å². The minimum atomic E-state index is -1.10. The number of benzene rings is 1. The van der Waals surface area contributed by atoms with Crippen LogP contribution in [-0.4, -0.2) is 28.9 Å². The summed E-state index contributed by atoms with van der Waals surface area (Å²) in [5, 5.41) is 13.7. The van der Waals surface area contributed by atoms with Crippen LogP contribution in [0.2, 0.25) is 0 Å². The number of hydrogen-bond donors (Lipinski definition) is 3. The molecule has 1 aromatic rings. The molecule has 2 amide bonds. The minimum absolute atomic E-state index is 0.114. The standard InChI is InChI=1S/C13H16N2O4/c1-3-11(16)15-10-6-4-9(5-7-10)12(17)14-8(2)13(18)19/h4-8H,3H2,1-2H3,(H,14,17)(H,15,16)(H,18,19). The van der Waals surface area contributed by atoms with E-state index in [1.54, 1.807) is 19.1 Å². The molecule has 0 heterocycles. The second-order valence-corrected chi connectivity index (χ2v) is 4.01. The van der Waals surface area contributed by atoms with Gasteiger partial charge in [0.15, 0.2) is 0 Å². The first-order valence-corrected chi connectivity index (χ1v) is 5.87. The zero-order chi connectivity index (χ0) is 14.4. The molecule has 1 atom stereocenters. The van der Waals surface area contributed by atoms with Gasteiger partial charge in [0, 0.05) is 17.7 Å². The van der Waals surface area contributed by atoms with Crippen LogP contribution >= 0.6 is 0 Å². The lowest BCUT2D eigenvalue weighted by Gasteiger charge is -2.09. The largest absolute Gasteiger partial charge is 0.480 e. The normalized spacial score (nSPS) is 11.5. The van der Waals surface area contributed by atoms with Crippen molar-refractivity contribution < 1.29 is 19.5 Å². The number of hydrogen-bond acceptors (Lipinski definition) is 3. The second-order valence-electron chi connectivity index (χ2n) is 4.01. The molecule has 1 aromatic carbocycles. The summed E-state index contributed by atoms with van der Waals surface area (Å²) < 4.78 is 0. The van der Waals surface area contributed by atoms with Gasteiger partial charge in [0.1, 0.15) is 6.04 Å². The number of carboxylic acids is 1. The molecule has 1 rings (SSSR count). The van der Waals surface area contributed by atoms with E-state index >= 15 is 0 Å². The molecular weight excluding hydrogens is 248 g/mol. The minimum Gasteiger partial charge on any atom is -0.480 e. The molecule has 6 heteroatoms. The fraction of sp³-hybridized carbons (Fsp3) is 0.308. The fourth-order valence-electron chi connectivity index (χ4n) is 1.30. The first kappa shape index (κ1) is 14.7. The summed E-state index contributed by atoms with van der Waals surface area (Å²) in [6, 6.07) is 5.28. The van der Waals surface area contributed by atoms with Crippen molar-refractivity contribution in [3.63, 3.8) is 0 Å². The van der Waals surface area contributed by atoms with Gasteiger partial charge < -0.3 is 15.7 Å². The molecule has 0 aromatic heterocycles. The predicted molar refractivity (Wildman–Crippen MR) is 69.9 cm³/mol. The van der Waals surface area contributed by atoms with Crippen molar-refractivity contribution in [3.8, 4) is 0 Å². The third-order valence-corrected chi connectivity index (χ3v) is 2.47. The molecule has 0 aliphatic heterocycles. The van der Waals surface area contributed by atoms with Crippen molar-refractivity contribution in [3.05, 3.63) is 29.8 Å². The highest BCUT2D eigenvalue weighted by atomic mass is 16.4. The SMILES string of the molecule is CCC(=O)Nc1ccc(C(=O)NC(C)C(=O)O)cc1. The molecule has 0 aliphatic carbocycles. The average molecular weight is 264 g/mol. The van der Waals surface area contributed by atoms with Crippen LogP contribution in [0.5, 0.6) is 0 Å². The van der Waals surface area contributed by atoms with Crippen molar-refractivity contribution in [2.45, 2.75) is 26.3 Å². The number of nitrogens with one attached hydrogen (secondary N) is 2. The molecule has 0 saturated carbocycles. The lowest BCUT2D eigenvalue weighted by Crippen LogP contribution is -2.38. The Balaban J connectivity index is 2.68. The van der Waals surface area contributed by atoms with Gasteiger partial charge >= 0.3 is 5.97 Å². The second kappa shape index (κ2) is 6.53. The zero-order valence-corrected chi connectivity index (χ0v) is 10.8. The maximum atomic E-state index is 11.7. The maximum absolute atomic E-state index is 11.7. The van der Waals surface area contributed by atoms with E-state index in [4.69, 9.17) is 5.11 Å². The summed E-state index contributed by atoms with van der Waals surface area (Å²) in [5.74, 6) is -1.68. The van der Waals surface area contributed by atoms with Gasteiger partial charge in [-0.25, -0.2) is 0 Å². The van der Waals surface area contributed by atoms with E-state index in [2.05, 4.69) is 10.6 Å². The van der Waals surface area contributed by atoms with E-state index in [0.29, 0.717) is 17.7 Å². The molecular formula is C13H16N2O4. The van der Waals surface area contributed by atoms with Gasteiger partial charge in [0.2, 0.25) is 5.91 Å². The maximum Gasteiger partial charge on any atom is 0.325 e. The highest BCUT2D eigenvalue weighted by Crippen LogP contribution is 2.10. The fourth-order valence-corrected chi connectivity index (χ4v) is 1.30. The molecule has 102 valence electrons. The van der Waals surface area contributed by atoms with Crippen LogP contribution in [0.25, 0.3) is 0 Å². The molecule has 1 unspecified atom stereocenters. The van der Waals surface area contributed by atoms with Gasteiger partial charge in [0.25, 0.3) is 5.91 Å². The Labute approximate surface area is 110 Å². The molecule has 0 radical (unpaired) electrons. The van der Waals surface area contributed by atoms with Crippen LogP contribution in [0.1, 0.15) is 30.6 Å². The van der Waals surface area contributed by atoms with Crippen LogP contribution in [0.15, 0.2) is 24.3 Å². The summed E-state index contributed by atoms with van der Waals surface area (Å²) in [6.45, 7) is 3.13. The van der Waals surface area contributed by atoms with Gasteiger partial charge in [-0.2, -0.15) is 0 Å². The Hall–Kier alpha value is -2.37. The molecule has 0 saturated heterocycles. The zero-order valence-electron chi connectivity index (χ0n) is 10.8. The van der Waals surface area contributed by atoms with Gasteiger partial charge in [0.05, 0.1) is 0 Å². The Bertz CT molecular complexity index is 482. The van der Waals surface area contributed by atoms with E-state index < -0.39 is 17.9 Å². The molecule has 0 aliphatic rings. The number of amides is 2. The van der Waals surface area contributed by atoms with E-state index in [1.807, 2.05) is 0 Å². The van der Waals surface area contributed by atoms with E-state index in [1.165, 1.54) is 19.1 Å². The van der Waals surface area contributed by atoms with Crippen LogP contribution in [0.4, 0.5) is 5.69 Å². The Kier molecular flexibility index (Phi) is 5.05. The van der Waals surface area contributed by atoms with Crippen molar-refractivity contribution in [1.82, 2.24) is 5.32 Å². The lowest BCUT2D eigenvalue weighted by atomic mass is 10.2. The molecule has 3 N–H and O–H groups in total. The summed E-state index contributed by atoms with van der Waals surface area (Å²) >= 11 is 0. The number of rotatable bonds is 5. The van der Waals surface area contributed by atoms with Crippen molar-refractivity contribution in [1.29, 1.82) is 0 Å². The molecule has 19 heavy (non-hydrogen) atoms. The van der Waals surface area contributed by atoms with Gasteiger partial charge in [-0.15, -0.1) is 0 Å². The lowest BCUT2D eigenvalue weighted by molar-refractivity contribution is -0.138. The smallest absolute Gasteiger partial charge is 0.325 e. The van der Waals surface area contributed by atoms with E-state index in [9.17, 15) is 14.4 Å². The first-order chi connectivity index (χ1) is 8.93. The quantitative estimate of drug-likeness (QED) is 0.745. The number of carbonyl (C=O) groups is 3. The number of aliphatic carboxylic acids is 1. The molecule has 6 nitrogen and oxygen atoms in total. The summed E-state index contributed by atoms with van der Waals surface area (Å²) in [6.07, 6.45) is 0.373. The van der Waals surface area contributed by atoms with Crippen LogP contribution in [0.3, 0.4) is 0 Å². The van der Waals surface area contributed by atoms with Gasteiger partial charge in [-0.3, -0.25) is 14.4 Å². The number of carbonyl (C=O) groups excluding carboxylic acids is 2. The summed E-state index contributed by atoms with van der Waals surface area (Å²) in [5.41, 5.74) is 0.928. The van der Waals surface area contributed by atoms with Crippen LogP contribution < -0.4 is 10.6 Å². The summed E-state index contributed by atoms with van der Waals surface area (Å²) in [7, 11) is 0. The van der Waals surface area contributed by atoms with Crippen LogP contribution in [-0.2, 0) is 9.59 Å². The van der Waals surface area contributed by atoms with Crippen molar-refractivity contribution in [2.75, 3.05) is 5.32 Å². The average Bonchev–Trinajstić information content (AvgIpc) is 2.39. The predicted octanol–water partition coefficient (Wildman–Crippen LogP) is 1.24. The van der Waals surface area contributed by atoms with Gasteiger partial charge in [-0.1, -0.05) is 6.92 Å². The Morgan fingerprint density at radius 1 is 1.21 bits per heavy atom. The number of carboxylic acid groups (broad SMARTS) is 1. The molecule has 0 bridgehead atoms. The molecule has 0 spiro atoms. The van der Waals surface area contributed by atoms with E-state index in [0.717, 1.165) is 0 Å². The highest BCUT2D eigenvalue weighted by Gasteiger charge is 2.15. The first-order valence-electron chi connectivity index (χ1n) is 5.87. The third kappa shape index (κ3) is 4.42. The molecule has 0 fully saturated rings. The monoisotopic (exact) mass is 264 g/mol. The van der Waals surface area contributed by atoms with Crippen molar-refractivity contribution >= 4 is 23.5 Å². The number of anilines is 1. The third-order valence-electron chi connectivity index (χ3n) is 2.47. The van der Waals surface area contributed by atoms with Gasteiger partial charge in [-0.05, 0) is 31.2 Å². The highest BCUT2D eigenvalue weighted by molar-refractivity contribution is 5.97. The van der Waals surface area contributed by atoms with Crippen molar-refractivity contribution in [2.24, 2.45) is 0 Å². The Morgan fingerprint density at radius 3 is 2.26 bits per heavy atom. The van der Waals surface area contributed by atoms with E-state index in [-0.39, 0.29) is 5.91 Å². The topological polar surface area (TPSA) is 95.5 Å². The Morgan fingerprint density at radius 2 is 1.79 bits per heavy atom.